The number of ether oxygens (including phenoxy) is 1. The van der Waals surface area contributed by atoms with Crippen molar-refractivity contribution in [1.29, 1.82) is 0 Å². The Labute approximate surface area is 190 Å². The van der Waals surface area contributed by atoms with Gasteiger partial charge in [-0.25, -0.2) is 4.98 Å². The van der Waals surface area contributed by atoms with Gasteiger partial charge in [0.25, 0.3) is 0 Å². The van der Waals surface area contributed by atoms with Crippen LogP contribution in [0.4, 0.5) is 0 Å². The predicted molar refractivity (Wildman–Crippen MR) is 77.4 cm³/mol. The van der Waals surface area contributed by atoms with Crippen molar-refractivity contribution in [3.8, 4) is 5.75 Å². The number of carboxylic acid groups (broad SMARTS) is 2. The molecule has 0 aliphatic heterocycles. The number of benzene rings is 1. The van der Waals surface area contributed by atoms with Crippen LogP contribution < -0.4 is 79.5 Å². The summed E-state index contributed by atoms with van der Waals surface area (Å²) in [5.74, 6) is -2.74. The fourth-order valence-electron chi connectivity index (χ4n) is 2.37. The molecule has 2 aromatic heterocycles. The molecule has 0 bridgehead atoms. The summed E-state index contributed by atoms with van der Waals surface area (Å²) in [6.45, 7) is 0. The first kappa shape index (κ1) is 22.6. The molecule has 26 heavy (non-hydrogen) atoms. The summed E-state index contributed by atoms with van der Waals surface area (Å²) in [4.78, 5) is 38.4. The van der Waals surface area contributed by atoms with Gasteiger partial charge in [-0.3, -0.25) is 4.79 Å². The van der Waals surface area contributed by atoms with E-state index < -0.39 is 29.4 Å². The van der Waals surface area contributed by atoms with Crippen LogP contribution in [0.3, 0.4) is 0 Å². The van der Waals surface area contributed by atoms with E-state index >= 15 is 0 Å². The maximum absolute atomic E-state index is 12.6. The van der Waals surface area contributed by atoms with Crippen molar-refractivity contribution in [3.05, 3.63) is 45.7 Å². The van der Waals surface area contributed by atoms with Crippen molar-refractivity contribution < 1.29 is 88.1 Å². The molecule has 0 saturated carbocycles. The van der Waals surface area contributed by atoms with Crippen molar-refractivity contribution in [3.63, 3.8) is 0 Å². The number of fused-ring (bicyclic) bond motifs is 2. The van der Waals surface area contributed by atoms with Crippen molar-refractivity contribution in [2.45, 2.75) is 6.42 Å². The molecule has 0 radical (unpaired) electrons. The summed E-state index contributed by atoms with van der Waals surface area (Å²) in [5, 5.41) is 22.0. The predicted octanol–water partition coefficient (Wildman–Crippen LogP) is -6.99. The first-order valence-corrected chi connectivity index (χ1v) is 6.76. The summed E-state index contributed by atoms with van der Waals surface area (Å²) in [6.07, 6.45) is -0.746. The summed E-state index contributed by atoms with van der Waals surface area (Å²) < 4.78 is 10.5. The second-order valence-electron chi connectivity index (χ2n) is 4.96. The van der Waals surface area contributed by atoms with Crippen molar-refractivity contribution in [2.24, 2.45) is 0 Å². The van der Waals surface area contributed by atoms with E-state index in [0.29, 0.717) is 5.75 Å². The van der Waals surface area contributed by atoms with Crippen LogP contribution in [0.15, 0.2) is 33.5 Å². The molecule has 0 spiro atoms. The average molecular weight is 373 g/mol. The van der Waals surface area contributed by atoms with Gasteiger partial charge in [-0.05, 0) is 24.3 Å². The third kappa shape index (κ3) is 4.28. The van der Waals surface area contributed by atoms with Crippen molar-refractivity contribution in [2.75, 3.05) is 7.11 Å². The second-order valence-corrected chi connectivity index (χ2v) is 4.96. The molecule has 122 valence electrons. The summed E-state index contributed by atoms with van der Waals surface area (Å²) in [6, 6.07) is 5.53. The molecular weight excluding hydrogens is 364 g/mol. The third-order valence-electron chi connectivity index (χ3n) is 3.48. The molecule has 0 atom stereocenters. The van der Waals surface area contributed by atoms with E-state index in [1.54, 1.807) is 6.07 Å². The number of hydrogen-bond donors (Lipinski definition) is 0. The molecule has 0 fully saturated rings. The Morgan fingerprint density at radius 2 is 1.85 bits per heavy atom. The Morgan fingerprint density at radius 3 is 2.42 bits per heavy atom. The van der Waals surface area contributed by atoms with Crippen molar-refractivity contribution >= 4 is 34.0 Å². The molecule has 10 heteroatoms. The molecule has 2 heterocycles. The summed E-state index contributed by atoms with van der Waals surface area (Å²) >= 11 is 0. The van der Waals surface area contributed by atoms with Gasteiger partial charge in [0.2, 0.25) is 11.1 Å². The van der Waals surface area contributed by atoms with E-state index in [9.17, 15) is 24.6 Å². The number of aromatic nitrogens is 1. The fraction of sp³-hybridized carbons (Fsp3) is 0.125. The van der Waals surface area contributed by atoms with Crippen LogP contribution in [0.5, 0.6) is 5.75 Å². The van der Waals surface area contributed by atoms with E-state index in [2.05, 4.69) is 4.98 Å². The van der Waals surface area contributed by atoms with Crippen LogP contribution >= 0.6 is 0 Å². The van der Waals surface area contributed by atoms with Crippen LogP contribution in [0.1, 0.15) is 16.1 Å². The van der Waals surface area contributed by atoms with Gasteiger partial charge in [0.1, 0.15) is 11.3 Å². The number of aromatic carboxylic acids is 1. The third-order valence-corrected chi connectivity index (χ3v) is 3.48. The van der Waals surface area contributed by atoms with Gasteiger partial charge in [-0.15, -0.1) is 0 Å². The number of hydrogen-bond acceptors (Lipinski definition) is 8. The van der Waals surface area contributed by atoms with Crippen LogP contribution in [0.25, 0.3) is 22.1 Å². The van der Waals surface area contributed by atoms with E-state index in [1.165, 1.54) is 19.2 Å². The summed E-state index contributed by atoms with van der Waals surface area (Å²) in [5.41, 5.74) is -1.28. The Morgan fingerprint density at radius 1 is 1.15 bits per heavy atom. The zero-order valence-electron chi connectivity index (χ0n) is 14.3. The minimum Gasteiger partial charge on any atom is -0.550 e. The standard InChI is InChI=1S/C16H11NO7.2Na/c1-23-7-2-3-12-9(4-7)14(20)10-5-8(16(21)22)11(6-13(18)19)17-15(10)24-12;;/h2-5H,6H2,1H3,(H,18,19)(H,21,22);;/q;2*+1/p-2. The van der Waals surface area contributed by atoms with Gasteiger partial charge < -0.3 is 29.0 Å². The molecule has 3 aromatic rings. The molecule has 3 rings (SSSR count). The largest absolute Gasteiger partial charge is 1.00 e. The van der Waals surface area contributed by atoms with Gasteiger partial charge in [-0.2, -0.15) is 0 Å². The normalized spacial score (nSPS) is 10.0. The fourth-order valence-corrected chi connectivity index (χ4v) is 2.37. The number of carbonyl (C=O) groups is 2. The van der Waals surface area contributed by atoms with Gasteiger partial charge in [0, 0.05) is 18.0 Å². The molecule has 8 nitrogen and oxygen atoms in total. The second kappa shape index (κ2) is 8.98. The molecule has 0 saturated heterocycles. The van der Waals surface area contributed by atoms with Crippen LogP contribution in [-0.4, -0.2) is 24.0 Å². The van der Waals surface area contributed by atoms with Crippen LogP contribution in [0, 0.1) is 0 Å². The van der Waals surface area contributed by atoms with Crippen molar-refractivity contribution in [1.82, 2.24) is 4.98 Å². The van der Waals surface area contributed by atoms with E-state index in [4.69, 9.17) is 9.15 Å². The Bertz CT molecular complexity index is 1060. The zero-order chi connectivity index (χ0) is 17.4. The topological polar surface area (TPSA) is 133 Å². The van der Waals surface area contributed by atoms with E-state index in [1.807, 2.05) is 0 Å². The number of nitrogens with zero attached hydrogens (tertiary/aromatic N) is 1. The maximum Gasteiger partial charge on any atom is 1.00 e. The minimum absolute atomic E-state index is 0. The number of pyridine rings is 1. The summed E-state index contributed by atoms with van der Waals surface area (Å²) in [7, 11) is 1.44. The molecule has 0 N–H and O–H groups in total. The number of carbonyl (C=O) groups excluding carboxylic acids is 2. The number of aliphatic carboxylic acids is 1. The first-order valence-electron chi connectivity index (χ1n) is 6.76. The maximum atomic E-state index is 12.6. The van der Waals surface area contributed by atoms with E-state index in [-0.39, 0.29) is 86.9 Å². The number of methoxy groups -OCH3 is 1. The van der Waals surface area contributed by atoms with Gasteiger partial charge >= 0.3 is 59.1 Å². The Balaban J connectivity index is 0.00000169. The van der Waals surface area contributed by atoms with Crippen LogP contribution in [-0.2, 0) is 11.2 Å². The van der Waals surface area contributed by atoms with Crippen LogP contribution in [0.2, 0.25) is 0 Å². The quantitative estimate of drug-likeness (QED) is 0.326. The number of carboxylic acids is 2. The SMILES string of the molecule is COc1ccc2oc3nc(CC(=O)[O-])c(C(=O)[O-])cc3c(=O)c2c1.[Na+].[Na+]. The van der Waals surface area contributed by atoms with E-state index in [0.717, 1.165) is 6.07 Å². The molecule has 1 aromatic carbocycles. The van der Waals surface area contributed by atoms with Gasteiger partial charge in [0.05, 0.1) is 29.5 Å². The van der Waals surface area contributed by atoms with Gasteiger partial charge in [-0.1, -0.05) is 0 Å². The first-order chi connectivity index (χ1) is 11.4. The molecular formula is C16H9NNa2O7. The molecule has 0 aliphatic carbocycles. The Hall–Kier alpha value is -1.42. The zero-order valence-corrected chi connectivity index (χ0v) is 18.3. The molecule has 0 amide bonds. The molecule has 0 aliphatic rings. The smallest absolute Gasteiger partial charge is 0.550 e. The number of rotatable bonds is 4. The van der Waals surface area contributed by atoms with Gasteiger partial charge in [0.15, 0.2) is 0 Å². The average Bonchev–Trinajstić information content (AvgIpc) is 2.53. The Kier molecular flexibility index (Phi) is 7.82. The minimum atomic E-state index is -1.65. The molecule has 0 unspecified atom stereocenters. The monoisotopic (exact) mass is 373 g/mol.